The van der Waals surface area contributed by atoms with Gasteiger partial charge in [0.25, 0.3) is 5.91 Å². The summed E-state index contributed by atoms with van der Waals surface area (Å²) in [6, 6.07) is 14.2. The summed E-state index contributed by atoms with van der Waals surface area (Å²) in [4.78, 5) is 23.7. The number of amides is 2. The zero-order valence-electron chi connectivity index (χ0n) is 12.2. The van der Waals surface area contributed by atoms with Crippen LogP contribution in [0.15, 0.2) is 48.5 Å². The fourth-order valence-corrected chi connectivity index (χ4v) is 2.04. The van der Waals surface area contributed by atoms with E-state index in [9.17, 15) is 9.59 Å². The zero-order chi connectivity index (χ0) is 15.9. The fraction of sp³-hybridized carbons (Fsp3) is 0.176. The van der Waals surface area contributed by atoms with Crippen molar-refractivity contribution in [1.82, 2.24) is 5.32 Å². The molecule has 0 aliphatic rings. The maximum absolute atomic E-state index is 11.9. The summed E-state index contributed by atoms with van der Waals surface area (Å²) in [5, 5.41) is 6.11. The van der Waals surface area contributed by atoms with Gasteiger partial charge in [0.05, 0.1) is 0 Å². The molecule has 2 amide bonds. The molecule has 0 fully saturated rings. The molecule has 4 nitrogen and oxygen atoms in total. The molecule has 0 bridgehead atoms. The Kier molecular flexibility index (Phi) is 5.55. The van der Waals surface area contributed by atoms with Crippen molar-refractivity contribution in [3.8, 4) is 0 Å². The molecule has 0 radical (unpaired) electrons. The third kappa shape index (κ3) is 4.60. The molecule has 2 aromatic carbocycles. The first-order valence-corrected chi connectivity index (χ1v) is 7.33. The van der Waals surface area contributed by atoms with Crippen LogP contribution in [0.5, 0.6) is 0 Å². The predicted molar refractivity (Wildman–Crippen MR) is 88.2 cm³/mol. The van der Waals surface area contributed by atoms with Crippen molar-refractivity contribution in [1.29, 1.82) is 0 Å². The van der Waals surface area contributed by atoms with E-state index in [4.69, 9.17) is 11.6 Å². The van der Waals surface area contributed by atoms with E-state index >= 15 is 0 Å². The van der Waals surface area contributed by atoms with Crippen molar-refractivity contribution >= 4 is 29.1 Å². The highest BCUT2D eigenvalue weighted by atomic mass is 35.5. The van der Waals surface area contributed by atoms with Crippen LogP contribution in [0, 0.1) is 6.92 Å². The van der Waals surface area contributed by atoms with Gasteiger partial charge in [-0.2, -0.15) is 0 Å². The van der Waals surface area contributed by atoms with Gasteiger partial charge in [-0.15, -0.1) is 0 Å². The summed E-state index contributed by atoms with van der Waals surface area (Å²) < 4.78 is 0. The van der Waals surface area contributed by atoms with Gasteiger partial charge < -0.3 is 10.6 Å². The summed E-state index contributed by atoms with van der Waals surface area (Å²) >= 11 is 5.77. The molecule has 0 aliphatic heterocycles. The van der Waals surface area contributed by atoms with E-state index < -0.39 is 0 Å². The van der Waals surface area contributed by atoms with Crippen LogP contribution in [0.4, 0.5) is 5.69 Å². The van der Waals surface area contributed by atoms with Crippen LogP contribution in [0.3, 0.4) is 0 Å². The number of carbonyl (C=O) groups excluding carboxylic acids is 2. The first-order valence-electron chi connectivity index (χ1n) is 6.95. The lowest BCUT2D eigenvalue weighted by molar-refractivity contribution is -0.116. The summed E-state index contributed by atoms with van der Waals surface area (Å²) in [6.45, 7) is 2.21. The molecular weight excluding hydrogens is 300 g/mol. The SMILES string of the molecule is Cc1ccccc1NC(=O)CCNC(=O)c1ccc(Cl)cc1. The first kappa shape index (κ1) is 16.0. The van der Waals surface area contributed by atoms with Gasteiger partial charge in [-0.25, -0.2) is 0 Å². The first-order chi connectivity index (χ1) is 10.6. The van der Waals surface area contributed by atoms with Crippen LogP contribution in [-0.2, 0) is 4.79 Å². The van der Waals surface area contributed by atoms with Crippen molar-refractivity contribution in [3.05, 3.63) is 64.7 Å². The molecule has 114 valence electrons. The van der Waals surface area contributed by atoms with E-state index in [2.05, 4.69) is 10.6 Å². The quantitative estimate of drug-likeness (QED) is 0.888. The van der Waals surface area contributed by atoms with Crippen LogP contribution in [0.2, 0.25) is 5.02 Å². The van der Waals surface area contributed by atoms with E-state index in [1.807, 2.05) is 31.2 Å². The Morgan fingerprint density at radius 1 is 1.05 bits per heavy atom. The number of carbonyl (C=O) groups is 2. The van der Waals surface area contributed by atoms with E-state index in [1.165, 1.54) is 0 Å². The fourth-order valence-electron chi connectivity index (χ4n) is 1.92. The Morgan fingerprint density at radius 3 is 2.41 bits per heavy atom. The van der Waals surface area contributed by atoms with Gasteiger partial charge in [-0.05, 0) is 42.8 Å². The molecule has 0 saturated carbocycles. The number of halogens is 1. The van der Waals surface area contributed by atoms with E-state index in [0.717, 1.165) is 11.3 Å². The normalized spacial score (nSPS) is 10.1. The molecule has 0 unspecified atom stereocenters. The van der Waals surface area contributed by atoms with Gasteiger partial charge in [0.2, 0.25) is 5.91 Å². The van der Waals surface area contributed by atoms with Crippen LogP contribution in [0.25, 0.3) is 0 Å². The smallest absolute Gasteiger partial charge is 0.251 e. The van der Waals surface area contributed by atoms with Gasteiger partial charge in [-0.3, -0.25) is 9.59 Å². The van der Waals surface area contributed by atoms with Crippen molar-refractivity contribution < 1.29 is 9.59 Å². The molecule has 0 spiro atoms. The summed E-state index contributed by atoms with van der Waals surface area (Å²) in [6.07, 6.45) is 0.216. The largest absolute Gasteiger partial charge is 0.352 e. The van der Waals surface area contributed by atoms with Crippen molar-refractivity contribution in [2.75, 3.05) is 11.9 Å². The number of benzene rings is 2. The van der Waals surface area contributed by atoms with Crippen molar-refractivity contribution in [3.63, 3.8) is 0 Å². The number of hydrogen-bond acceptors (Lipinski definition) is 2. The Morgan fingerprint density at radius 2 is 1.73 bits per heavy atom. The minimum absolute atomic E-state index is 0.134. The molecular formula is C17H17ClN2O2. The molecule has 0 saturated heterocycles. The second-order valence-corrected chi connectivity index (χ2v) is 5.31. The lowest BCUT2D eigenvalue weighted by atomic mass is 10.2. The average Bonchev–Trinajstić information content (AvgIpc) is 2.50. The monoisotopic (exact) mass is 316 g/mol. The maximum atomic E-state index is 11.9. The van der Waals surface area contributed by atoms with Gasteiger partial charge in [0, 0.05) is 29.2 Å². The van der Waals surface area contributed by atoms with Crippen LogP contribution >= 0.6 is 11.6 Å². The molecule has 0 atom stereocenters. The summed E-state index contributed by atoms with van der Waals surface area (Å²) in [5.74, 6) is -0.355. The van der Waals surface area contributed by atoms with Crippen molar-refractivity contribution in [2.45, 2.75) is 13.3 Å². The van der Waals surface area contributed by atoms with Gasteiger partial charge >= 0.3 is 0 Å². The maximum Gasteiger partial charge on any atom is 0.251 e. The lowest BCUT2D eigenvalue weighted by Crippen LogP contribution is -2.27. The van der Waals surface area contributed by atoms with E-state index in [1.54, 1.807) is 24.3 Å². The summed E-state index contributed by atoms with van der Waals surface area (Å²) in [7, 11) is 0. The van der Waals surface area contributed by atoms with Crippen LogP contribution < -0.4 is 10.6 Å². The third-order valence-corrected chi connectivity index (χ3v) is 3.42. The van der Waals surface area contributed by atoms with Crippen molar-refractivity contribution in [2.24, 2.45) is 0 Å². The van der Waals surface area contributed by atoms with Gasteiger partial charge in [-0.1, -0.05) is 29.8 Å². The molecule has 22 heavy (non-hydrogen) atoms. The number of rotatable bonds is 5. The Hall–Kier alpha value is -2.33. The number of nitrogens with one attached hydrogen (secondary N) is 2. The van der Waals surface area contributed by atoms with Gasteiger partial charge in [0.1, 0.15) is 0 Å². The van der Waals surface area contributed by atoms with Crippen LogP contribution in [-0.4, -0.2) is 18.4 Å². The highest BCUT2D eigenvalue weighted by Crippen LogP contribution is 2.13. The topological polar surface area (TPSA) is 58.2 Å². The highest BCUT2D eigenvalue weighted by Gasteiger charge is 2.07. The van der Waals surface area contributed by atoms with E-state index in [0.29, 0.717) is 10.6 Å². The molecule has 0 aromatic heterocycles. The van der Waals surface area contributed by atoms with Gasteiger partial charge in [0.15, 0.2) is 0 Å². The second kappa shape index (κ2) is 7.61. The number of para-hydroxylation sites is 1. The van der Waals surface area contributed by atoms with E-state index in [-0.39, 0.29) is 24.8 Å². The third-order valence-electron chi connectivity index (χ3n) is 3.16. The lowest BCUT2D eigenvalue weighted by Gasteiger charge is -2.09. The average molecular weight is 317 g/mol. The standard InChI is InChI=1S/C17H17ClN2O2/c1-12-4-2-3-5-15(12)20-16(21)10-11-19-17(22)13-6-8-14(18)9-7-13/h2-9H,10-11H2,1H3,(H,19,22)(H,20,21). The number of hydrogen-bond donors (Lipinski definition) is 2. The molecule has 0 aliphatic carbocycles. The molecule has 2 aromatic rings. The molecule has 2 rings (SSSR count). The van der Waals surface area contributed by atoms with Crippen LogP contribution in [0.1, 0.15) is 22.3 Å². The highest BCUT2D eigenvalue weighted by molar-refractivity contribution is 6.30. The Bertz CT molecular complexity index is 669. The summed E-state index contributed by atoms with van der Waals surface area (Å²) in [5.41, 5.74) is 2.31. The Labute approximate surface area is 134 Å². The number of anilines is 1. The molecule has 0 heterocycles. The molecule has 2 N–H and O–H groups in total. The second-order valence-electron chi connectivity index (χ2n) is 4.88. The minimum atomic E-state index is -0.222. The zero-order valence-corrected chi connectivity index (χ0v) is 13.0. The molecule has 5 heteroatoms. The minimum Gasteiger partial charge on any atom is -0.352 e. The predicted octanol–water partition coefficient (Wildman–Crippen LogP) is 3.41. The Balaban J connectivity index is 1.78. The number of aryl methyl sites for hydroxylation is 1.